The highest BCUT2D eigenvalue weighted by Crippen LogP contribution is 2.34. The van der Waals surface area contributed by atoms with Gasteiger partial charge in [0, 0.05) is 6.07 Å². The number of hydrogen-bond donors (Lipinski definition) is 1. The minimum atomic E-state index is -0.501. The van der Waals surface area contributed by atoms with Crippen molar-refractivity contribution in [3.05, 3.63) is 101 Å². The van der Waals surface area contributed by atoms with Crippen molar-refractivity contribution >= 4 is 17.8 Å². The van der Waals surface area contributed by atoms with Crippen LogP contribution in [0, 0.1) is 10.1 Å². The van der Waals surface area contributed by atoms with Crippen molar-refractivity contribution in [2.45, 2.75) is 0 Å². The molecule has 9 heteroatoms. The van der Waals surface area contributed by atoms with Crippen LogP contribution >= 0.6 is 0 Å². The van der Waals surface area contributed by atoms with E-state index in [0.29, 0.717) is 28.6 Å². The molecular weight excluding hydrogens is 450 g/mol. The van der Waals surface area contributed by atoms with Crippen LogP contribution in [0.25, 0.3) is 22.5 Å². The molecule has 1 heterocycles. The van der Waals surface area contributed by atoms with Crippen LogP contribution in [-0.2, 0) is 4.79 Å². The molecule has 0 radical (unpaired) electrons. The van der Waals surface area contributed by atoms with E-state index in [9.17, 15) is 14.9 Å². The van der Waals surface area contributed by atoms with Crippen LogP contribution < -0.4 is 14.9 Å². The maximum absolute atomic E-state index is 12.0. The molecule has 1 N–H and O–H groups in total. The normalized spacial score (nSPS) is 10.8. The molecule has 0 aliphatic carbocycles. The first-order valence-corrected chi connectivity index (χ1v) is 10.6. The number of rotatable bonds is 9. The quantitative estimate of drug-likeness (QED) is 0.207. The number of benzene rings is 3. The van der Waals surface area contributed by atoms with Crippen LogP contribution in [0.3, 0.4) is 0 Å². The Labute approximate surface area is 200 Å². The van der Waals surface area contributed by atoms with Gasteiger partial charge in [0.1, 0.15) is 23.0 Å². The van der Waals surface area contributed by atoms with E-state index < -0.39 is 10.8 Å². The predicted octanol–water partition coefficient (Wildman–Crippen LogP) is 5.06. The van der Waals surface area contributed by atoms with Gasteiger partial charge in [-0.2, -0.15) is 5.10 Å². The third kappa shape index (κ3) is 5.91. The van der Waals surface area contributed by atoms with Crippen LogP contribution in [0.2, 0.25) is 0 Å². The summed E-state index contributed by atoms with van der Waals surface area (Å²) in [6.45, 7) is -0.203. The molecule has 0 saturated heterocycles. The fourth-order valence-electron chi connectivity index (χ4n) is 3.29. The van der Waals surface area contributed by atoms with Gasteiger partial charge in [-0.15, -0.1) is 0 Å². The van der Waals surface area contributed by atoms with Gasteiger partial charge in [-0.25, -0.2) is 5.43 Å². The van der Waals surface area contributed by atoms with Crippen molar-refractivity contribution < 1.29 is 23.6 Å². The maximum Gasteiger partial charge on any atom is 0.277 e. The molecule has 4 aromatic rings. The number of methoxy groups -OCH3 is 1. The SMILES string of the molecule is COc1cc([N+](=O)[O-])ccc1-c1ccc(/C=N\NC(=O)COc2ccc(-c3ccccc3)cc2)o1. The van der Waals surface area contributed by atoms with E-state index in [1.807, 2.05) is 42.5 Å². The Morgan fingerprint density at radius 1 is 1.03 bits per heavy atom. The van der Waals surface area contributed by atoms with Gasteiger partial charge in [0.25, 0.3) is 11.6 Å². The minimum Gasteiger partial charge on any atom is -0.496 e. The number of hydrazone groups is 1. The van der Waals surface area contributed by atoms with Gasteiger partial charge in [0.15, 0.2) is 6.61 Å². The molecule has 3 aromatic carbocycles. The number of carbonyl (C=O) groups is 1. The van der Waals surface area contributed by atoms with Crippen LogP contribution in [0.5, 0.6) is 11.5 Å². The smallest absolute Gasteiger partial charge is 0.277 e. The van der Waals surface area contributed by atoms with Crippen molar-refractivity contribution in [1.29, 1.82) is 0 Å². The maximum atomic E-state index is 12.0. The first kappa shape index (κ1) is 23.2. The molecule has 9 nitrogen and oxygen atoms in total. The van der Waals surface area contributed by atoms with Crippen molar-refractivity contribution in [3.63, 3.8) is 0 Å². The lowest BCUT2D eigenvalue weighted by Crippen LogP contribution is -2.24. The van der Waals surface area contributed by atoms with Gasteiger partial charge in [0.2, 0.25) is 0 Å². The molecule has 4 rings (SSSR count). The summed E-state index contributed by atoms with van der Waals surface area (Å²) in [5, 5.41) is 14.8. The van der Waals surface area contributed by atoms with E-state index in [-0.39, 0.29) is 12.3 Å². The summed E-state index contributed by atoms with van der Waals surface area (Å²) in [7, 11) is 1.42. The van der Waals surface area contributed by atoms with Crippen LogP contribution in [-0.4, -0.2) is 30.8 Å². The van der Waals surface area contributed by atoms with E-state index in [2.05, 4.69) is 10.5 Å². The zero-order chi connectivity index (χ0) is 24.6. The first-order chi connectivity index (χ1) is 17.0. The summed E-state index contributed by atoms with van der Waals surface area (Å²) in [4.78, 5) is 22.5. The average molecular weight is 471 g/mol. The largest absolute Gasteiger partial charge is 0.496 e. The molecule has 0 fully saturated rings. The Kier molecular flexibility index (Phi) is 7.17. The lowest BCUT2D eigenvalue weighted by atomic mass is 10.1. The number of nitrogens with zero attached hydrogens (tertiary/aromatic N) is 2. The summed E-state index contributed by atoms with van der Waals surface area (Å²) in [5.74, 6) is 1.25. The Bertz CT molecular complexity index is 1350. The van der Waals surface area contributed by atoms with Crippen LogP contribution in [0.15, 0.2) is 94.4 Å². The van der Waals surface area contributed by atoms with Crippen molar-refractivity contribution in [3.8, 4) is 33.9 Å². The second-order valence-electron chi connectivity index (χ2n) is 7.32. The number of carbonyl (C=O) groups excluding carboxylic acids is 1. The van der Waals surface area contributed by atoms with Crippen LogP contribution in [0.4, 0.5) is 5.69 Å². The minimum absolute atomic E-state index is 0.0870. The Hall–Kier alpha value is -4.92. The number of hydrogen-bond acceptors (Lipinski definition) is 7. The molecule has 0 unspecified atom stereocenters. The van der Waals surface area contributed by atoms with Gasteiger partial charge in [-0.05, 0) is 41.5 Å². The number of nitro groups is 1. The van der Waals surface area contributed by atoms with E-state index >= 15 is 0 Å². The number of furan rings is 1. The summed E-state index contributed by atoms with van der Waals surface area (Å²) in [5.41, 5.74) is 4.99. The first-order valence-electron chi connectivity index (χ1n) is 10.6. The van der Waals surface area contributed by atoms with Gasteiger partial charge in [0.05, 0.1) is 29.9 Å². The number of nitrogens with one attached hydrogen (secondary N) is 1. The number of amides is 1. The monoisotopic (exact) mass is 471 g/mol. The van der Waals surface area contributed by atoms with Gasteiger partial charge < -0.3 is 13.9 Å². The molecule has 0 atom stereocenters. The molecular formula is C26H21N3O6. The van der Waals surface area contributed by atoms with Gasteiger partial charge in [-0.1, -0.05) is 42.5 Å². The summed E-state index contributed by atoms with van der Waals surface area (Å²) in [6, 6.07) is 25.0. The molecule has 35 heavy (non-hydrogen) atoms. The zero-order valence-corrected chi connectivity index (χ0v) is 18.7. The van der Waals surface area contributed by atoms with Crippen molar-refractivity contribution in [2.24, 2.45) is 5.10 Å². The Morgan fingerprint density at radius 3 is 2.49 bits per heavy atom. The van der Waals surface area contributed by atoms with Gasteiger partial charge in [-0.3, -0.25) is 14.9 Å². The molecule has 1 amide bonds. The predicted molar refractivity (Wildman–Crippen MR) is 130 cm³/mol. The van der Waals surface area contributed by atoms with E-state index in [1.54, 1.807) is 30.3 Å². The lowest BCUT2D eigenvalue weighted by Gasteiger charge is -2.06. The molecule has 0 spiro atoms. The second kappa shape index (κ2) is 10.8. The molecule has 0 aliphatic rings. The zero-order valence-electron chi connectivity index (χ0n) is 18.7. The number of non-ortho nitro benzene ring substituents is 1. The topological polar surface area (TPSA) is 116 Å². The number of ether oxygens (including phenoxy) is 2. The van der Waals surface area contributed by atoms with Crippen molar-refractivity contribution in [2.75, 3.05) is 13.7 Å². The molecule has 176 valence electrons. The Morgan fingerprint density at radius 2 is 1.77 bits per heavy atom. The highest BCUT2D eigenvalue weighted by atomic mass is 16.6. The van der Waals surface area contributed by atoms with Gasteiger partial charge >= 0.3 is 0 Å². The van der Waals surface area contributed by atoms with E-state index in [1.165, 1.54) is 25.5 Å². The fourth-order valence-corrected chi connectivity index (χ4v) is 3.29. The average Bonchev–Trinajstić information content (AvgIpc) is 3.36. The Balaban J connectivity index is 1.30. The molecule has 0 saturated carbocycles. The standard InChI is InChI=1S/C26H21N3O6/c1-33-25-15-20(29(31)32)9-13-23(25)24-14-12-22(35-24)16-27-28-26(30)17-34-21-10-7-19(8-11-21)18-5-3-2-4-6-18/h2-16H,17H2,1H3,(H,28,30)/b27-16-. The summed E-state index contributed by atoms with van der Waals surface area (Å²) >= 11 is 0. The van der Waals surface area contributed by atoms with Crippen molar-refractivity contribution in [1.82, 2.24) is 5.43 Å². The highest BCUT2D eigenvalue weighted by molar-refractivity contribution is 5.82. The summed E-state index contributed by atoms with van der Waals surface area (Å²) < 4.78 is 16.4. The summed E-state index contributed by atoms with van der Waals surface area (Å²) in [6.07, 6.45) is 1.34. The lowest BCUT2D eigenvalue weighted by molar-refractivity contribution is -0.384. The number of nitro benzene ring substituents is 1. The second-order valence-corrected chi connectivity index (χ2v) is 7.32. The third-order valence-corrected chi connectivity index (χ3v) is 5.00. The third-order valence-electron chi connectivity index (χ3n) is 5.00. The molecule has 0 aliphatic heterocycles. The van der Waals surface area contributed by atoms with Crippen LogP contribution in [0.1, 0.15) is 5.76 Å². The van der Waals surface area contributed by atoms with E-state index in [0.717, 1.165) is 11.1 Å². The molecule has 0 bridgehead atoms. The highest BCUT2D eigenvalue weighted by Gasteiger charge is 2.15. The molecule has 1 aromatic heterocycles. The fraction of sp³-hybridized carbons (Fsp3) is 0.0769. The van der Waals surface area contributed by atoms with E-state index in [4.69, 9.17) is 13.9 Å².